The third-order valence-corrected chi connectivity index (χ3v) is 6.32. The number of nitrogens with zero attached hydrogens (tertiary/aromatic N) is 4. The van der Waals surface area contributed by atoms with Crippen molar-refractivity contribution in [1.82, 2.24) is 15.3 Å². The fraction of sp³-hybridized carbons (Fsp3) is 0.542. The van der Waals surface area contributed by atoms with Gasteiger partial charge in [-0.25, -0.2) is 0 Å². The molecule has 1 aromatic carbocycles. The second-order valence-corrected chi connectivity index (χ2v) is 9.50. The molecule has 2 aliphatic heterocycles. The Bertz CT molecular complexity index is 895. The minimum absolute atomic E-state index is 0.0851. The van der Waals surface area contributed by atoms with Crippen LogP contribution in [0.1, 0.15) is 38.8 Å². The first-order chi connectivity index (χ1) is 15.5. The van der Waals surface area contributed by atoms with E-state index in [0.29, 0.717) is 36.1 Å². The molecule has 0 radical (unpaired) electrons. The Morgan fingerprint density at radius 1 is 1.03 bits per heavy atom. The predicted molar refractivity (Wildman–Crippen MR) is 134 cm³/mol. The van der Waals surface area contributed by atoms with Crippen molar-refractivity contribution in [2.75, 3.05) is 54.5 Å². The lowest BCUT2D eigenvalue weighted by Crippen LogP contribution is -2.40. The first-order valence-corrected chi connectivity index (χ1v) is 12.0. The van der Waals surface area contributed by atoms with Crippen molar-refractivity contribution < 1.29 is 4.74 Å². The molecule has 0 amide bonds. The van der Waals surface area contributed by atoms with E-state index in [-0.39, 0.29) is 6.04 Å². The number of anilines is 3. The highest BCUT2D eigenvalue weighted by Crippen LogP contribution is 2.28. The number of hydrogen-bond donors (Lipinski definition) is 2. The van der Waals surface area contributed by atoms with Gasteiger partial charge in [0.25, 0.3) is 0 Å². The van der Waals surface area contributed by atoms with E-state index in [1.165, 1.54) is 12.0 Å². The first kappa shape index (κ1) is 22.7. The van der Waals surface area contributed by atoms with E-state index in [2.05, 4.69) is 59.4 Å². The predicted octanol–water partition coefficient (Wildman–Crippen LogP) is 3.84. The Balaban J connectivity index is 1.53. The molecule has 3 heterocycles. The molecule has 0 saturated carbocycles. The first-order valence-electron chi connectivity index (χ1n) is 11.6. The standard InChI is InChI=1S/C24H34N6OS/c1-17-13-18(2)16-30(15-17)22-14-21(29-9-11-31-12-10-29)26-23(27-22)28-24(32)25-19(3)20-7-5-4-6-8-20/h4-8,14,17-19H,9-13,15-16H2,1-3H3,(H2,25,26,27,28,32)/t17-,18+,19-/m0/s1. The van der Waals surface area contributed by atoms with Gasteiger partial charge in [0, 0.05) is 32.2 Å². The van der Waals surface area contributed by atoms with Crippen molar-refractivity contribution in [2.45, 2.75) is 33.2 Å². The van der Waals surface area contributed by atoms with Crippen molar-refractivity contribution in [3.8, 4) is 0 Å². The highest BCUT2D eigenvalue weighted by atomic mass is 32.1. The van der Waals surface area contributed by atoms with Crippen molar-refractivity contribution in [1.29, 1.82) is 0 Å². The molecule has 32 heavy (non-hydrogen) atoms. The van der Waals surface area contributed by atoms with Crippen molar-refractivity contribution in [2.24, 2.45) is 11.8 Å². The number of hydrogen-bond acceptors (Lipinski definition) is 6. The molecule has 0 aliphatic carbocycles. The van der Waals surface area contributed by atoms with Gasteiger partial charge in [-0.1, -0.05) is 44.2 Å². The fourth-order valence-electron chi connectivity index (χ4n) is 4.60. The number of piperidine rings is 1. The normalized spacial score (nSPS) is 22.3. The van der Waals surface area contributed by atoms with Crippen molar-refractivity contribution >= 4 is 34.9 Å². The Morgan fingerprint density at radius 3 is 2.31 bits per heavy atom. The van der Waals surface area contributed by atoms with Gasteiger partial charge in [-0.05, 0) is 43.0 Å². The van der Waals surface area contributed by atoms with Gasteiger partial charge >= 0.3 is 0 Å². The van der Waals surface area contributed by atoms with E-state index >= 15 is 0 Å². The topological polar surface area (TPSA) is 65.6 Å². The van der Waals surface area contributed by atoms with Gasteiger partial charge in [-0.3, -0.25) is 0 Å². The van der Waals surface area contributed by atoms with E-state index < -0.39 is 0 Å². The number of ether oxygens (including phenoxy) is 1. The summed E-state index contributed by atoms with van der Waals surface area (Å²) in [6.45, 7) is 11.8. The van der Waals surface area contributed by atoms with Crippen LogP contribution in [-0.2, 0) is 4.74 Å². The van der Waals surface area contributed by atoms with Crippen LogP contribution < -0.4 is 20.4 Å². The van der Waals surface area contributed by atoms with Crippen LogP contribution in [0.2, 0.25) is 0 Å². The van der Waals surface area contributed by atoms with Crippen LogP contribution in [0.3, 0.4) is 0 Å². The van der Waals surface area contributed by atoms with Crippen molar-refractivity contribution in [3.05, 3.63) is 42.0 Å². The van der Waals surface area contributed by atoms with E-state index in [0.717, 1.165) is 37.8 Å². The summed E-state index contributed by atoms with van der Waals surface area (Å²) in [6, 6.07) is 12.5. The molecule has 1 aromatic heterocycles. The maximum atomic E-state index is 5.60. The number of rotatable bonds is 5. The molecule has 8 heteroatoms. The number of thiocarbonyl (C=S) groups is 1. The SMILES string of the molecule is C[C@@H]1C[C@H](C)CN(c2cc(N3CCOCC3)nc(NC(=S)N[C@@H](C)c3ccccc3)n2)C1. The van der Waals surface area contributed by atoms with Gasteiger partial charge in [0.2, 0.25) is 5.95 Å². The van der Waals surface area contributed by atoms with E-state index in [4.69, 9.17) is 26.9 Å². The van der Waals surface area contributed by atoms with E-state index in [9.17, 15) is 0 Å². The second-order valence-electron chi connectivity index (χ2n) is 9.09. The van der Waals surface area contributed by atoms with Crippen LogP contribution in [0, 0.1) is 11.8 Å². The molecule has 7 nitrogen and oxygen atoms in total. The molecule has 3 atom stereocenters. The van der Waals surface area contributed by atoms with Gasteiger partial charge in [0.1, 0.15) is 11.6 Å². The zero-order chi connectivity index (χ0) is 22.5. The van der Waals surface area contributed by atoms with Gasteiger partial charge in [-0.2, -0.15) is 9.97 Å². The largest absolute Gasteiger partial charge is 0.378 e. The molecule has 2 aliphatic rings. The number of nitrogens with one attached hydrogen (secondary N) is 2. The van der Waals surface area contributed by atoms with Crippen LogP contribution in [0.4, 0.5) is 17.6 Å². The van der Waals surface area contributed by atoms with Crippen LogP contribution in [-0.4, -0.2) is 54.5 Å². The molecule has 0 bridgehead atoms. The average Bonchev–Trinajstić information content (AvgIpc) is 2.79. The zero-order valence-corrected chi connectivity index (χ0v) is 20.1. The summed E-state index contributed by atoms with van der Waals surface area (Å²) in [5, 5.41) is 7.11. The Morgan fingerprint density at radius 2 is 1.66 bits per heavy atom. The van der Waals surface area contributed by atoms with Crippen LogP contribution >= 0.6 is 12.2 Å². The molecule has 0 unspecified atom stereocenters. The highest BCUT2D eigenvalue weighted by Gasteiger charge is 2.25. The Hall–Kier alpha value is -2.45. The number of aromatic nitrogens is 2. The molecule has 0 spiro atoms. The molecular formula is C24H34N6OS. The maximum Gasteiger partial charge on any atom is 0.232 e. The van der Waals surface area contributed by atoms with Crippen LogP contribution in [0.5, 0.6) is 0 Å². The van der Waals surface area contributed by atoms with Gasteiger partial charge in [0.05, 0.1) is 19.3 Å². The molecule has 2 N–H and O–H groups in total. The van der Waals surface area contributed by atoms with Gasteiger partial charge in [-0.15, -0.1) is 0 Å². The number of morpholine rings is 1. The summed E-state index contributed by atoms with van der Waals surface area (Å²) < 4.78 is 5.53. The number of benzene rings is 1. The lowest BCUT2D eigenvalue weighted by Gasteiger charge is -2.36. The summed E-state index contributed by atoms with van der Waals surface area (Å²) in [5.74, 6) is 3.71. The van der Waals surface area contributed by atoms with E-state index in [1.54, 1.807) is 0 Å². The van der Waals surface area contributed by atoms with Gasteiger partial charge < -0.3 is 25.2 Å². The smallest absolute Gasteiger partial charge is 0.232 e. The molecule has 4 rings (SSSR count). The molecule has 2 aromatic rings. The monoisotopic (exact) mass is 454 g/mol. The highest BCUT2D eigenvalue weighted by molar-refractivity contribution is 7.80. The maximum absolute atomic E-state index is 5.60. The second kappa shape index (κ2) is 10.4. The third-order valence-electron chi connectivity index (χ3n) is 6.10. The lowest BCUT2D eigenvalue weighted by atomic mass is 9.92. The quantitative estimate of drug-likeness (QED) is 0.661. The average molecular weight is 455 g/mol. The lowest BCUT2D eigenvalue weighted by molar-refractivity contribution is 0.122. The summed E-state index contributed by atoms with van der Waals surface area (Å²) in [7, 11) is 0. The van der Waals surface area contributed by atoms with Crippen LogP contribution in [0.25, 0.3) is 0 Å². The summed E-state index contributed by atoms with van der Waals surface area (Å²) in [4.78, 5) is 14.3. The molecule has 2 saturated heterocycles. The Kier molecular flexibility index (Phi) is 7.42. The third kappa shape index (κ3) is 5.86. The molecule has 172 valence electrons. The zero-order valence-electron chi connectivity index (χ0n) is 19.3. The minimum Gasteiger partial charge on any atom is -0.378 e. The summed E-state index contributed by atoms with van der Waals surface area (Å²) in [5.41, 5.74) is 1.18. The van der Waals surface area contributed by atoms with Crippen molar-refractivity contribution in [3.63, 3.8) is 0 Å². The summed E-state index contributed by atoms with van der Waals surface area (Å²) in [6.07, 6.45) is 1.26. The summed E-state index contributed by atoms with van der Waals surface area (Å²) >= 11 is 5.60. The van der Waals surface area contributed by atoms with Crippen LogP contribution in [0.15, 0.2) is 36.4 Å². The molecule has 2 fully saturated rings. The fourth-order valence-corrected chi connectivity index (χ4v) is 4.87. The van der Waals surface area contributed by atoms with E-state index in [1.807, 2.05) is 18.2 Å². The van der Waals surface area contributed by atoms with Gasteiger partial charge in [0.15, 0.2) is 5.11 Å². The Labute approximate surface area is 196 Å². The minimum atomic E-state index is 0.0851. The molecular weight excluding hydrogens is 420 g/mol.